The molecule has 108 valence electrons. The number of carboxylic acid groups (broad SMARTS) is 1. The predicted octanol–water partition coefficient (Wildman–Crippen LogP) is 2.24. The minimum Gasteiger partial charge on any atom is -0.481 e. The number of carbonyl (C=O) groups is 2. The van der Waals surface area contributed by atoms with Crippen molar-refractivity contribution in [3.8, 4) is 0 Å². The summed E-state index contributed by atoms with van der Waals surface area (Å²) in [5, 5.41) is 12.3. The zero-order valence-corrected chi connectivity index (χ0v) is 11.7. The van der Waals surface area contributed by atoms with E-state index in [1.54, 1.807) is 11.0 Å². The molecule has 5 heteroatoms. The third kappa shape index (κ3) is 3.98. The maximum atomic E-state index is 12.0. The average molecular weight is 268 g/mol. The van der Waals surface area contributed by atoms with E-state index in [0.29, 0.717) is 32.5 Å². The van der Waals surface area contributed by atoms with Gasteiger partial charge in [-0.2, -0.15) is 0 Å². The fourth-order valence-corrected chi connectivity index (χ4v) is 2.66. The van der Waals surface area contributed by atoms with Gasteiger partial charge in [-0.3, -0.25) is 4.79 Å². The first-order valence-electron chi connectivity index (χ1n) is 6.93. The van der Waals surface area contributed by atoms with E-state index in [0.717, 1.165) is 19.3 Å². The molecule has 1 heterocycles. The Kier molecular flexibility index (Phi) is 5.86. The lowest BCUT2D eigenvalue weighted by Gasteiger charge is -2.39. The molecular formula is C14H24N2O3. The van der Waals surface area contributed by atoms with Crippen LogP contribution in [0.4, 0.5) is 4.79 Å². The van der Waals surface area contributed by atoms with Gasteiger partial charge in [0.05, 0.1) is 5.41 Å². The first-order valence-corrected chi connectivity index (χ1v) is 6.93. The maximum Gasteiger partial charge on any atom is 0.317 e. The zero-order chi connectivity index (χ0) is 14.3. The van der Waals surface area contributed by atoms with Crippen molar-refractivity contribution in [1.82, 2.24) is 10.2 Å². The molecule has 0 aromatic rings. The summed E-state index contributed by atoms with van der Waals surface area (Å²) in [7, 11) is 0. The summed E-state index contributed by atoms with van der Waals surface area (Å²) in [6, 6.07) is -0.164. The molecule has 2 N–H and O–H groups in total. The molecule has 5 nitrogen and oxygen atoms in total. The van der Waals surface area contributed by atoms with Crippen LogP contribution in [-0.4, -0.2) is 41.6 Å². The lowest BCUT2D eigenvalue weighted by molar-refractivity contribution is -0.152. The summed E-state index contributed by atoms with van der Waals surface area (Å²) in [5.41, 5.74) is -0.761. The SMILES string of the molecule is C=CCCNC(=O)N1CCCC(CCC)(C(=O)O)C1. The third-order valence-corrected chi connectivity index (χ3v) is 3.67. The second kappa shape index (κ2) is 7.16. The molecule has 1 fully saturated rings. The Morgan fingerprint density at radius 3 is 2.84 bits per heavy atom. The van der Waals surface area contributed by atoms with Crippen molar-refractivity contribution in [2.75, 3.05) is 19.6 Å². The van der Waals surface area contributed by atoms with Gasteiger partial charge >= 0.3 is 12.0 Å². The number of amides is 2. The van der Waals surface area contributed by atoms with Crippen molar-refractivity contribution in [2.24, 2.45) is 5.41 Å². The molecule has 0 aromatic carbocycles. The summed E-state index contributed by atoms with van der Waals surface area (Å²) < 4.78 is 0. The van der Waals surface area contributed by atoms with Crippen LogP contribution in [0.1, 0.15) is 39.0 Å². The smallest absolute Gasteiger partial charge is 0.317 e. The Bertz CT molecular complexity index is 340. The van der Waals surface area contributed by atoms with Crippen LogP contribution in [-0.2, 0) is 4.79 Å². The van der Waals surface area contributed by atoms with Gasteiger partial charge in [0.1, 0.15) is 0 Å². The Hall–Kier alpha value is -1.52. The zero-order valence-electron chi connectivity index (χ0n) is 11.7. The summed E-state index contributed by atoms with van der Waals surface area (Å²) in [5.74, 6) is -0.780. The number of hydrogen-bond donors (Lipinski definition) is 2. The van der Waals surface area contributed by atoms with E-state index >= 15 is 0 Å². The number of nitrogens with one attached hydrogen (secondary N) is 1. The summed E-state index contributed by atoms with van der Waals surface area (Å²) >= 11 is 0. The standard InChI is InChI=1S/C14H24N2O3/c1-3-5-9-15-13(19)16-10-6-8-14(11-16,7-4-2)12(17)18/h3H,1,4-11H2,2H3,(H,15,19)(H,17,18). The molecule has 0 spiro atoms. The van der Waals surface area contributed by atoms with E-state index in [-0.39, 0.29) is 6.03 Å². The molecule has 0 aliphatic carbocycles. The third-order valence-electron chi connectivity index (χ3n) is 3.67. The molecule has 19 heavy (non-hydrogen) atoms. The molecule has 1 unspecified atom stereocenters. The van der Waals surface area contributed by atoms with Crippen molar-refractivity contribution in [2.45, 2.75) is 39.0 Å². The number of nitrogens with zero attached hydrogens (tertiary/aromatic N) is 1. The monoisotopic (exact) mass is 268 g/mol. The number of carbonyl (C=O) groups excluding carboxylic acids is 1. The number of hydrogen-bond acceptors (Lipinski definition) is 2. The van der Waals surface area contributed by atoms with E-state index < -0.39 is 11.4 Å². The molecule has 0 radical (unpaired) electrons. The molecule has 0 saturated carbocycles. The van der Waals surface area contributed by atoms with Crippen LogP contribution in [0.2, 0.25) is 0 Å². The van der Waals surface area contributed by atoms with Crippen molar-refractivity contribution < 1.29 is 14.7 Å². The fourth-order valence-electron chi connectivity index (χ4n) is 2.66. The molecule has 1 atom stereocenters. The predicted molar refractivity (Wildman–Crippen MR) is 74.0 cm³/mol. The quantitative estimate of drug-likeness (QED) is 0.573. The van der Waals surface area contributed by atoms with Crippen LogP contribution in [0.3, 0.4) is 0 Å². The van der Waals surface area contributed by atoms with Crippen LogP contribution in [0.25, 0.3) is 0 Å². The van der Waals surface area contributed by atoms with Gasteiger partial charge < -0.3 is 15.3 Å². The van der Waals surface area contributed by atoms with Crippen LogP contribution >= 0.6 is 0 Å². The number of aliphatic carboxylic acids is 1. The van der Waals surface area contributed by atoms with Gasteiger partial charge in [0.25, 0.3) is 0 Å². The first-order chi connectivity index (χ1) is 9.05. The number of piperidine rings is 1. The Morgan fingerprint density at radius 2 is 2.26 bits per heavy atom. The number of rotatable bonds is 6. The molecule has 1 saturated heterocycles. The van der Waals surface area contributed by atoms with Crippen molar-refractivity contribution in [1.29, 1.82) is 0 Å². The van der Waals surface area contributed by atoms with Crippen molar-refractivity contribution >= 4 is 12.0 Å². The molecule has 1 rings (SSSR count). The number of urea groups is 1. The van der Waals surface area contributed by atoms with Crippen LogP contribution in [0.15, 0.2) is 12.7 Å². The molecule has 2 amide bonds. The highest BCUT2D eigenvalue weighted by molar-refractivity contribution is 5.78. The van der Waals surface area contributed by atoms with E-state index in [1.165, 1.54) is 0 Å². The highest BCUT2D eigenvalue weighted by Crippen LogP contribution is 2.35. The second-order valence-corrected chi connectivity index (χ2v) is 5.17. The van der Waals surface area contributed by atoms with Crippen LogP contribution < -0.4 is 5.32 Å². The fraction of sp³-hybridized carbons (Fsp3) is 0.714. The number of carboxylic acids is 1. The minimum atomic E-state index is -0.780. The molecule has 1 aliphatic heterocycles. The summed E-state index contributed by atoms with van der Waals surface area (Å²) in [6.07, 6.45) is 5.32. The van der Waals surface area contributed by atoms with E-state index in [1.807, 2.05) is 6.92 Å². The average Bonchev–Trinajstić information content (AvgIpc) is 2.39. The van der Waals surface area contributed by atoms with Gasteiger partial charge in [-0.1, -0.05) is 19.4 Å². The first kappa shape index (κ1) is 15.5. The Morgan fingerprint density at radius 1 is 1.53 bits per heavy atom. The largest absolute Gasteiger partial charge is 0.481 e. The molecule has 0 bridgehead atoms. The van der Waals surface area contributed by atoms with E-state index in [2.05, 4.69) is 11.9 Å². The molecule has 0 aromatic heterocycles. The summed E-state index contributed by atoms with van der Waals surface area (Å²) in [6.45, 7) is 7.08. The van der Waals surface area contributed by atoms with Gasteiger partial charge in [-0.25, -0.2) is 4.79 Å². The van der Waals surface area contributed by atoms with Gasteiger partial charge in [0, 0.05) is 19.6 Å². The van der Waals surface area contributed by atoms with Crippen LogP contribution in [0.5, 0.6) is 0 Å². The lowest BCUT2D eigenvalue weighted by atomic mass is 9.76. The molecular weight excluding hydrogens is 244 g/mol. The summed E-state index contributed by atoms with van der Waals surface area (Å²) in [4.78, 5) is 25.1. The lowest BCUT2D eigenvalue weighted by Crippen LogP contribution is -2.52. The van der Waals surface area contributed by atoms with Gasteiger partial charge in [0.15, 0.2) is 0 Å². The van der Waals surface area contributed by atoms with E-state index in [9.17, 15) is 14.7 Å². The van der Waals surface area contributed by atoms with Gasteiger partial charge in [-0.05, 0) is 25.7 Å². The maximum absolute atomic E-state index is 12.0. The van der Waals surface area contributed by atoms with Crippen LogP contribution in [0, 0.1) is 5.41 Å². The minimum absolute atomic E-state index is 0.164. The molecule has 1 aliphatic rings. The Balaban J connectivity index is 2.63. The van der Waals surface area contributed by atoms with E-state index in [4.69, 9.17) is 0 Å². The van der Waals surface area contributed by atoms with Gasteiger partial charge in [0.2, 0.25) is 0 Å². The highest BCUT2D eigenvalue weighted by atomic mass is 16.4. The van der Waals surface area contributed by atoms with Crippen molar-refractivity contribution in [3.05, 3.63) is 12.7 Å². The topological polar surface area (TPSA) is 69.6 Å². The van der Waals surface area contributed by atoms with Gasteiger partial charge in [-0.15, -0.1) is 6.58 Å². The highest BCUT2D eigenvalue weighted by Gasteiger charge is 2.42. The normalized spacial score (nSPS) is 22.9. The number of likely N-dealkylation sites (tertiary alicyclic amines) is 1. The Labute approximate surface area is 114 Å². The second-order valence-electron chi connectivity index (χ2n) is 5.17. The van der Waals surface area contributed by atoms with Crippen molar-refractivity contribution in [3.63, 3.8) is 0 Å².